The first kappa shape index (κ1) is 12.2. The fraction of sp³-hybridized carbons (Fsp3) is 0.111. The van der Waals surface area contributed by atoms with Crippen molar-refractivity contribution in [1.82, 2.24) is 0 Å². The summed E-state index contributed by atoms with van der Waals surface area (Å²) in [4.78, 5) is 10.6. The number of hydrogen-bond acceptors (Lipinski definition) is 3. The average molecular weight is 248 g/mol. The number of hydrogen-bond donors (Lipinski definition) is 1. The maximum atomic E-state index is 12.0. The number of carboxylic acids is 1. The molecule has 0 unspecified atom stereocenters. The summed E-state index contributed by atoms with van der Waals surface area (Å²) in [6, 6.07) is 3.32. The molecule has 1 N–H and O–H groups in total. The van der Waals surface area contributed by atoms with E-state index in [9.17, 15) is 13.6 Å². The van der Waals surface area contributed by atoms with E-state index in [4.69, 9.17) is 22.0 Å². The summed E-state index contributed by atoms with van der Waals surface area (Å²) < 4.78 is 27.9. The number of benzene rings is 1. The largest absolute Gasteiger partial charge is 0.478 e. The Kier molecular flexibility index (Phi) is 3.64. The van der Waals surface area contributed by atoms with E-state index < -0.39 is 23.9 Å². The zero-order valence-electron chi connectivity index (χ0n) is 7.58. The second-order valence-electron chi connectivity index (χ2n) is 2.62. The summed E-state index contributed by atoms with van der Waals surface area (Å²) in [5.41, 5.74) is -0.661. The molecule has 16 heavy (non-hydrogen) atoms. The summed E-state index contributed by atoms with van der Waals surface area (Å²) >= 11 is 5.54. The molecule has 0 fully saturated rings. The van der Waals surface area contributed by atoms with Crippen LogP contribution in [0.1, 0.15) is 15.9 Å². The van der Waals surface area contributed by atoms with Crippen LogP contribution in [-0.2, 0) is 0 Å². The van der Waals surface area contributed by atoms with E-state index in [0.717, 1.165) is 12.1 Å². The van der Waals surface area contributed by atoms with Gasteiger partial charge in [-0.3, -0.25) is 0 Å². The Morgan fingerprint density at radius 2 is 2.19 bits per heavy atom. The fourth-order valence-corrected chi connectivity index (χ4v) is 1.24. The topological polar surface area (TPSA) is 70.3 Å². The molecule has 4 nitrogen and oxygen atoms in total. The van der Waals surface area contributed by atoms with Crippen LogP contribution in [0.3, 0.4) is 0 Å². The first-order valence-electron chi connectivity index (χ1n) is 3.87. The summed E-state index contributed by atoms with van der Waals surface area (Å²) in [7, 11) is 0. The van der Waals surface area contributed by atoms with E-state index in [-0.39, 0.29) is 10.6 Å². The van der Waals surface area contributed by atoms with Gasteiger partial charge in [-0.15, -0.1) is 0 Å². The third-order valence-electron chi connectivity index (χ3n) is 1.64. The second-order valence-corrected chi connectivity index (χ2v) is 3.03. The molecule has 84 valence electrons. The Balaban J connectivity index is 3.30. The first-order chi connectivity index (χ1) is 7.45. The highest BCUT2D eigenvalue weighted by molar-refractivity contribution is 6.33. The number of nitriles is 1. The van der Waals surface area contributed by atoms with Crippen molar-refractivity contribution in [3.63, 3.8) is 0 Å². The zero-order valence-corrected chi connectivity index (χ0v) is 8.33. The van der Waals surface area contributed by atoms with Crippen molar-refractivity contribution in [2.75, 3.05) is 0 Å². The predicted octanol–water partition coefficient (Wildman–Crippen LogP) is 2.51. The van der Waals surface area contributed by atoms with Gasteiger partial charge in [0.2, 0.25) is 0 Å². The zero-order chi connectivity index (χ0) is 12.3. The van der Waals surface area contributed by atoms with E-state index in [1.807, 2.05) is 0 Å². The number of nitrogens with zero attached hydrogens (tertiary/aromatic N) is 1. The molecule has 0 radical (unpaired) electrons. The smallest absolute Gasteiger partial charge is 0.387 e. The van der Waals surface area contributed by atoms with Crippen LogP contribution in [0.15, 0.2) is 12.1 Å². The highest BCUT2D eigenvalue weighted by Gasteiger charge is 2.16. The Labute approximate surface area is 93.6 Å². The number of carboxylic acid groups (broad SMARTS) is 1. The molecule has 0 aromatic heterocycles. The maximum absolute atomic E-state index is 12.0. The van der Waals surface area contributed by atoms with Gasteiger partial charge >= 0.3 is 12.6 Å². The number of halogens is 3. The molecule has 1 aromatic carbocycles. The normalized spacial score (nSPS) is 9.94. The van der Waals surface area contributed by atoms with Crippen LogP contribution < -0.4 is 4.74 Å². The van der Waals surface area contributed by atoms with Gasteiger partial charge in [-0.05, 0) is 12.1 Å². The lowest BCUT2D eigenvalue weighted by atomic mass is 10.1. The van der Waals surface area contributed by atoms with Gasteiger partial charge in [0.1, 0.15) is 11.8 Å². The van der Waals surface area contributed by atoms with Crippen LogP contribution in [0.5, 0.6) is 5.75 Å². The van der Waals surface area contributed by atoms with Gasteiger partial charge in [0.15, 0.2) is 0 Å². The van der Waals surface area contributed by atoms with Crippen molar-refractivity contribution >= 4 is 17.6 Å². The second kappa shape index (κ2) is 4.77. The Morgan fingerprint density at radius 3 is 2.62 bits per heavy atom. The lowest BCUT2D eigenvalue weighted by molar-refractivity contribution is -0.0501. The van der Waals surface area contributed by atoms with E-state index in [1.54, 1.807) is 6.07 Å². The molecule has 1 aromatic rings. The number of alkyl halides is 2. The predicted molar refractivity (Wildman–Crippen MR) is 49.8 cm³/mol. The van der Waals surface area contributed by atoms with Crippen LogP contribution in [0.2, 0.25) is 5.02 Å². The van der Waals surface area contributed by atoms with Crippen molar-refractivity contribution in [2.45, 2.75) is 6.61 Å². The van der Waals surface area contributed by atoms with Crippen molar-refractivity contribution in [2.24, 2.45) is 0 Å². The van der Waals surface area contributed by atoms with Crippen LogP contribution in [0, 0.1) is 11.3 Å². The average Bonchev–Trinajstić information content (AvgIpc) is 2.18. The summed E-state index contributed by atoms with van der Waals surface area (Å²) in [5, 5.41) is 17.1. The molecule has 0 atom stereocenters. The van der Waals surface area contributed by atoms with Gasteiger partial charge < -0.3 is 9.84 Å². The third kappa shape index (κ3) is 2.58. The van der Waals surface area contributed by atoms with Gasteiger partial charge in [-0.2, -0.15) is 14.0 Å². The molecule has 0 amide bonds. The minimum atomic E-state index is -3.14. The Bertz CT molecular complexity index is 471. The quantitative estimate of drug-likeness (QED) is 0.891. The van der Waals surface area contributed by atoms with Crippen LogP contribution in [-0.4, -0.2) is 17.7 Å². The van der Waals surface area contributed by atoms with Crippen LogP contribution in [0.4, 0.5) is 8.78 Å². The summed E-state index contributed by atoms with van der Waals surface area (Å²) in [6.45, 7) is -3.14. The summed E-state index contributed by atoms with van der Waals surface area (Å²) in [5.74, 6) is -1.91. The SMILES string of the molecule is N#Cc1cc(Cl)c(C(=O)O)cc1OC(F)F. The molecule has 0 spiro atoms. The number of carbonyl (C=O) groups is 1. The van der Waals surface area contributed by atoms with Crippen molar-refractivity contribution in [3.8, 4) is 11.8 Å². The van der Waals surface area contributed by atoms with E-state index >= 15 is 0 Å². The molecule has 0 bridgehead atoms. The molecule has 0 heterocycles. The highest BCUT2D eigenvalue weighted by Crippen LogP contribution is 2.27. The number of rotatable bonds is 3. The van der Waals surface area contributed by atoms with E-state index in [2.05, 4.69) is 4.74 Å². The van der Waals surface area contributed by atoms with Gasteiger partial charge in [-0.1, -0.05) is 11.6 Å². The molecule has 7 heteroatoms. The van der Waals surface area contributed by atoms with E-state index in [0.29, 0.717) is 0 Å². The minimum absolute atomic E-state index is 0.217. The molecule has 0 aliphatic carbocycles. The van der Waals surface area contributed by atoms with Crippen molar-refractivity contribution in [3.05, 3.63) is 28.3 Å². The molecule has 0 aliphatic heterocycles. The summed E-state index contributed by atoms with van der Waals surface area (Å²) in [6.07, 6.45) is 0. The van der Waals surface area contributed by atoms with Crippen molar-refractivity contribution in [1.29, 1.82) is 5.26 Å². The number of ether oxygens (including phenoxy) is 1. The molecule has 1 rings (SSSR count). The van der Waals surface area contributed by atoms with Gasteiger partial charge in [0.25, 0.3) is 0 Å². The minimum Gasteiger partial charge on any atom is -0.478 e. The molecule has 0 saturated heterocycles. The van der Waals surface area contributed by atoms with Gasteiger partial charge in [0.05, 0.1) is 16.1 Å². The number of aromatic carboxylic acids is 1. The third-order valence-corrected chi connectivity index (χ3v) is 1.95. The first-order valence-corrected chi connectivity index (χ1v) is 4.25. The van der Waals surface area contributed by atoms with Crippen molar-refractivity contribution < 1.29 is 23.4 Å². The Morgan fingerprint density at radius 1 is 1.56 bits per heavy atom. The lowest BCUT2D eigenvalue weighted by Crippen LogP contribution is -2.06. The molecule has 0 aliphatic rings. The molecular formula is C9H4ClF2NO3. The molecular weight excluding hydrogens is 244 g/mol. The van der Waals surface area contributed by atoms with E-state index in [1.165, 1.54) is 0 Å². The molecule has 0 saturated carbocycles. The monoisotopic (exact) mass is 247 g/mol. The van der Waals surface area contributed by atoms with Gasteiger partial charge in [0, 0.05) is 0 Å². The fourth-order valence-electron chi connectivity index (χ4n) is 0.998. The van der Waals surface area contributed by atoms with Crippen LogP contribution in [0.25, 0.3) is 0 Å². The van der Waals surface area contributed by atoms with Crippen LogP contribution >= 0.6 is 11.6 Å². The standard InChI is InChI=1S/C9H4ClF2NO3/c10-6-1-4(3-13)7(16-9(11)12)2-5(6)8(14)15/h1-2,9H,(H,14,15). The maximum Gasteiger partial charge on any atom is 0.387 e. The highest BCUT2D eigenvalue weighted by atomic mass is 35.5. The Hall–Kier alpha value is -1.87. The van der Waals surface area contributed by atoms with Gasteiger partial charge in [-0.25, -0.2) is 4.79 Å². The lowest BCUT2D eigenvalue weighted by Gasteiger charge is -2.08.